The fourth-order valence-electron chi connectivity index (χ4n) is 2.95. The van der Waals surface area contributed by atoms with Crippen LogP contribution in [-0.2, 0) is 9.47 Å². The van der Waals surface area contributed by atoms with Crippen LogP contribution in [0.2, 0.25) is 0 Å². The molecule has 0 saturated carbocycles. The first kappa shape index (κ1) is 16.5. The van der Waals surface area contributed by atoms with Crippen molar-refractivity contribution >= 4 is 6.03 Å². The number of likely N-dealkylation sites (tertiary alicyclic amines) is 1. The van der Waals surface area contributed by atoms with E-state index in [0.717, 1.165) is 65.1 Å². The van der Waals surface area contributed by atoms with Gasteiger partial charge in [0.05, 0.1) is 12.7 Å². The first-order valence-electron chi connectivity index (χ1n) is 8.12. The van der Waals surface area contributed by atoms with E-state index in [1.807, 2.05) is 0 Å². The van der Waals surface area contributed by atoms with E-state index in [-0.39, 0.29) is 12.1 Å². The van der Waals surface area contributed by atoms with E-state index < -0.39 is 0 Å². The molecular weight excluding hydrogens is 270 g/mol. The van der Waals surface area contributed by atoms with Crippen LogP contribution in [0.5, 0.6) is 0 Å². The molecule has 0 spiro atoms. The number of carbonyl (C=O) groups excluding carboxylic acids is 1. The fourth-order valence-corrected chi connectivity index (χ4v) is 2.95. The molecule has 2 heterocycles. The Kier molecular flexibility index (Phi) is 7.26. The van der Waals surface area contributed by atoms with Gasteiger partial charge in [-0.15, -0.1) is 0 Å². The standard InChI is InChI=1S/C15H29N3O3/c1-20-10-8-18-6-4-13(5-7-18)11-16-15(19)17-12-14-3-2-9-21-14/h13-14H,2-12H2,1H3,(H2,16,17,19). The summed E-state index contributed by atoms with van der Waals surface area (Å²) in [5, 5.41) is 5.88. The van der Waals surface area contributed by atoms with Gasteiger partial charge in [0.15, 0.2) is 0 Å². The highest BCUT2D eigenvalue weighted by Gasteiger charge is 2.20. The molecule has 0 aliphatic carbocycles. The average Bonchev–Trinajstić information content (AvgIpc) is 3.03. The topological polar surface area (TPSA) is 62.8 Å². The van der Waals surface area contributed by atoms with Crippen LogP contribution in [0.4, 0.5) is 4.79 Å². The first-order valence-corrected chi connectivity index (χ1v) is 8.12. The summed E-state index contributed by atoms with van der Waals surface area (Å²) in [6.45, 7) is 6.25. The molecule has 2 amide bonds. The van der Waals surface area contributed by atoms with E-state index in [4.69, 9.17) is 9.47 Å². The monoisotopic (exact) mass is 299 g/mol. The molecular formula is C15H29N3O3. The van der Waals surface area contributed by atoms with Gasteiger partial charge in [-0.3, -0.25) is 0 Å². The Hall–Kier alpha value is -0.850. The molecule has 122 valence electrons. The number of amides is 2. The second-order valence-corrected chi connectivity index (χ2v) is 6.00. The van der Waals surface area contributed by atoms with Crippen molar-refractivity contribution in [3.63, 3.8) is 0 Å². The maximum atomic E-state index is 11.7. The van der Waals surface area contributed by atoms with Crippen molar-refractivity contribution in [2.45, 2.75) is 31.8 Å². The summed E-state index contributed by atoms with van der Waals surface area (Å²) in [5.74, 6) is 0.595. The highest BCUT2D eigenvalue weighted by Crippen LogP contribution is 2.16. The normalized spacial score (nSPS) is 24.1. The molecule has 2 N–H and O–H groups in total. The summed E-state index contributed by atoms with van der Waals surface area (Å²) in [5.41, 5.74) is 0. The number of nitrogens with one attached hydrogen (secondary N) is 2. The average molecular weight is 299 g/mol. The quantitative estimate of drug-likeness (QED) is 0.731. The van der Waals surface area contributed by atoms with E-state index in [9.17, 15) is 4.79 Å². The van der Waals surface area contributed by atoms with Crippen LogP contribution in [0.15, 0.2) is 0 Å². The second-order valence-electron chi connectivity index (χ2n) is 6.00. The van der Waals surface area contributed by atoms with Crippen LogP contribution in [0.3, 0.4) is 0 Å². The van der Waals surface area contributed by atoms with Crippen LogP contribution in [0.25, 0.3) is 0 Å². The first-order chi connectivity index (χ1) is 10.3. The minimum Gasteiger partial charge on any atom is -0.383 e. The van der Waals surface area contributed by atoms with E-state index in [1.165, 1.54) is 0 Å². The van der Waals surface area contributed by atoms with Crippen LogP contribution in [0.1, 0.15) is 25.7 Å². The van der Waals surface area contributed by atoms with Crippen molar-refractivity contribution in [1.29, 1.82) is 0 Å². The highest BCUT2D eigenvalue weighted by atomic mass is 16.5. The number of rotatable bonds is 7. The number of piperidine rings is 1. The molecule has 2 rings (SSSR count). The van der Waals surface area contributed by atoms with E-state index in [2.05, 4.69) is 15.5 Å². The number of hydrogen-bond acceptors (Lipinski definition) is 4. The summed E-state index contributed by atoms with van der Waals surface area (Å²) in [4.78, 5) is 14.2. The van der Waals surface area contributed by atoms with Gasteiger partial charge in [0.25, 0.3) is 0 Å². The molecule has 0 radical (unpaired) electrons. The molecule has 1 unspecified atom stereocenters. The van der Waals surface area contributed by atoms with Crippen LogP contribution in [0, 0.1) is 5.92 Å². The van der Waals surface area contributed by atoms with Gasteiger partial charge >= 0.3 is 6.03 Å². The van der Waals surface area contributed by atoms with Gasteiger partial charge in [0.2, 0.25) is 0 Å². The number of urea groups is 1. The molecule has 1 atom stereocenters. The third-order valence-corrected chi connectivity index (χ3v) is 4.38. The van der Waals surface area contributed by atoms with Gasteiger partial charge in [-0.1, -0.05) is 0 Å². The highest BCUT2D eigenvalue weighted by molar-refractivity contribution is 5.73. The summed E-state index contributed by atoms with van der Waals surface area (Å²) in [6.07, 6.45) is 4.67. The largest absolute Gasteiger partial charge is 0.383 e. The Morgan fingerprint density at radius 3 is 2.67 bits per heavy atom. The predicted molar refractivity (Wildman–Crippen MR) is 81.4 cm³/mol. The molecule has 6 heteroatoms. The minimum absolute atomic E-state index is 0.0627. The van der Waals surface area contributed by atoms with Gasteiger partial charge in [-0.25, -0.2) is 4.79 Å². The van der Waals surface area contributed by atoms with Crippen LogP contribution < -0.4 is 10.6 Å². The number of methoxy groups -OCH3 is 1. The van der Waals surface area contributed by atoms with Crippen molar-refractivity contribution in [2.24, 2.45) is 5.92 Å². The van der Waals surface area contributed by atoms with Gasteiger partial charge in [-0.2, -0.15) is 0 Å². The smallest absolute Gasteiger partial charge is 0.314 e. The lowest BCUT2D eigenvalue weighted by Gasteiger charge is -2.31. The van der Waals surface area contributed by atoms with Crippen molar-refractivity contribution in [1.82, 2.24) is 15.5 Å². The van der Waals surface area contributed by atoms with Gasteiger partial charge in [0, 0.05) is 33.4 Å². The Labute approximate surface area is 127 Å². The maximum absolute atomic E-state index is 11.7. The Bertz CT molecular complexity index is 301. The summed E-state index contributed by atoms with van der Waals surface area (Å²) in [7, 11) is 1.74. The van der Waals surface area contributed by atoms with Gasteiger partial charge in [0.1, 0.15) is 0 Å². The van der Waals surface area contributed by atoms with Crippen molar-refractivity contribution in [3.8, 4) is 0 Å². The Balaban J connectivity index is 1.51. The Morgan fingerprint density at radius 2 is 2.00 bits per heavy atom. The van der Waals surface area contributed by atoms with E-state index in [1.54, 1.807) is 7.11 Å². The number of carbonyl (C=O) groups is 1. The summed E-state index contributed by atoms with van der Waals surface area (Å²) < 4.78 is 10.6. The lowest BCUT2D eigenvalue weighted by Crippen LogP contribution is -2.44. The van der Waals surface area contributed by atoms with Gasteiger partial charge < -0.3 is 25.0 Å². The molecule has 21 heavy (non-hydrogen) atoms. The molecule has 2 aliphatic heterocycles. The van der Waals surface area contributed by atoms with E-state index >= 15 is 0 Å². The Morgan fingerprint density at radius 1 is 1.24 bits per heavy atom. The van der Waals surface area contributed by atoms with Gasteiger partial charge in [-0.05, 0) is 44.7 Å². The number of nitrogens with zero attached hydrogens (tertiary/aromatic N) is 1. The summed E-state index contributed by atoms with van der Waals surface area (Å²) in [6, 6.07) is -0.0627. The zero-order valence-corrected chi connectivity index (χ0v) is 13.1. The zero-order chi connectivity index (χ0) is 14.9. The maximum Gasteiger partial charge on any atom is 0.314 e. The molecule has 6 nitrogen and oxygen atoms in total. The van der Waals surface area contributed by atoms with Crippen molar-refractivity contribution < 1.29 is 14.3 Å². The number of ether oxygens (including phenoxy) is 2. The lowest BCUT2D eigenvalue weighted by atomic mass is 9.97. The van der Waals surface area contributed by atoms with Crippen molar-refractivity contribution in [3.05, 3.63) is 0 Å². The van der Waals surface area contributed by atoms with Crippen molar-refractivity contribution in [2.75, 3.05) is 53.0 Å². The van der Waals surface area contributed by atoms with Crippen LogP contribution >= 0.6 is 0 Å². The van der Waals surface area contributed by atoms with E-state index in [0.29, 0.717) is 12.5 Å². The third-order valence-electron chi connectivity index (χ3n) is 4.38. The summed E-state index contributed by atoms with van der Waals surface area (Å²) >= 11 is 0. The number of hydrogen-bond donors (Lipinski definition) is 2. The SMILES string of the molecule is COCCN1CCC(CNC(=O)NCC2CCCO2)CC1. The molecule has 0 bridgehead atoms. The molecule has 0 aromatic carbocycles. The molecule has 0 aromatic heterocycles. The zero-order valence-electron chi connectivity index (χ0n) is 13.1. The molecule has 2 saturated heterocycles. The minimum atomic E-state index is -0.0627. The molecule has 2 aliphatic rings. The molecule has 2 fully saturated rings. The molecule has 0 aromatic rings. The predicted octanol–water partition coefficient (Wildman–Crippen LogP) is 0.823. The fraction of sp³-hybridized carbons (Fsp3) is 0.933. The lowest BCUT2D eigenvalue weighted by molar-refractivity contribution is 0.110. The second kappa shape index (κ2) is 9.23. The van der Waals surface area contributed by atoms with Crippen LogP contribution in [-0.4, -0.2) is 70.1 Å². The third kappa shape index (κ3) is 6.20.